The molecule has 0 radical (unpaired) electrons. The first-order valence-corrected chi connectivity index (χ1v) is 7.82. The van der Waals surface area contributed by atoms with Gasteiger partial charge in [0.15, 0.2) is 0 Å². The Kier molecular flexibility index (Phi) is 4.87. The highest BCUT2D eigenvalue weighted by molar-refractivity contribution is 6.05. The molecule has 1 heterocycles. The maximum Gasteiger partial charge on any atom is 0.261 e. The molecule has 2 aromatic carbocycles. The van der Waals surface area contributed by atoms with Gasteiger partial charge in [-0.2, -0.15) is 0 Å². The van der Waals surface area contributed by atoms with Crippen LogP contribution in [0.15, 0.2) is 72.9 Å². The molecular weight excluding hydrogens is 300 g/mol. The molecule has 0 unspecified atom stereocenters. The van der Waals surface area contributed by atoms with Gasteiger partial charge in [-0.3, -0.25) is 4.79 Å². The molecule has 0 fully saturated rings. The second-order valence-corrected chi connectivity index (χ2v) is 5.19. The average Bonchev–Trinajstić information content (AvgIpc) is 2.64. The van der Waals surface area contributed by atoms with E-state index in [1.807, 2.05) is 49.4 Å². The summed E-state index contributed by atoms with van der Waals surface area (Å²) in [6.45, 7) is 2.32. The number of carbonyl (C=O) groups is 1. The second-order valence-electron chi connectivity index (χ2n) is 5.19. The largest absolute Gasteiger partial charge is 0.477 e. The monoisotopic (exact) mass is 318 g/mol. The van der Waals surface area contributed by atoms with Gasteiger partial charge in [0, 0.05) is 11.9 Å². The maximum absolute atomic E-state index is 12.4. The Morgan fingerprint density at radius 3 is 2.38 bits per heavy atom. The van der Waals surface area contributed by atoms with Gasteiger partial charge in [0.1, 0.15) is 5.56 Å². The van der Waals surface area contributed by atoms with Gasteiger partial charge in [0.25, 0.3) is 5.91 Å². The first-order chi connectivity index (χ1) is 11.8. The fourth-order valence-electron chi connectivity index (χ4n) is 2.39. The normalized spacial score (nSPS) is 10.2. The van der Waals surface area contributed by atoms with E-state index in [1.165, 1.54) is 0 Å². The Morgan fingerprint density at radius 1 is 0.958 bits per heavy atom. The number of hydrogen-bond donors (Lipinski definition) is 1. The van der Waals surface area contributed by atoms with Crippen LogP contribution in [0.25, 0.3) is 11.1 Å². The van der Waals surface area contributed by atoms with Crippen LogP contribution in [0, 0.1) is 0 Å². The SMILES string of the molecule is CCOc1ncccc1C(=O)Nc1ccc(-c2ccccc2)cc1. The predicted octanol–water partition coefficient (Wildman–Crippen LogP) is 4.40. The van der Waals surface area contributed by atoms with Crippen molar-refractivity contribution in [3.63, 3.8) is 0 Å². The van der Waals surface area contributed by atoms with Gasteiger partial charge >= 0.3 is 0 Å². The number of ether oxygens (including phenoxy) is 1. The van der Waals surface area contributed by atoms with E-state index in [9.17, 15) is 4.79 Å². The number of aromatic nitrogens is 1. The van der Waals surface area contributed by atoms with Gasteiger partial charge in [-0.15, -0.1) is 0 Å². The number of carbonyl (C=O) groups excluding carboxylic acids is 1. The van der Waals surface area contributed by atoms with Gasteiger partial charge in [-0.05, 0) is 42.3 Å². The Bertz CT molecular complexity index is 815. The highest BCUT2D eigenvalue weighted by Crippen LogP contribution is 2.22. The number of benzene rings is 2. The third-order valence-corrected chi connectivity index (χ3v) is 3.55. The zero-order valence-corrected chi connectivity index (χ0v) is 13.4. The Balaban J connectivity index is 1.76. The Morgan fingerprint density at radius 2 is 1.67 bits per heavy atom. The molecule has 0 bridgehead atoms. The quantitative estimate of drug-likeness (QED) is 0.758. The minimum absolute atomic E-state index is 0.237. The number of hydrogen-bond acceptors (Lipinski definition) is 3. The van der Waals surface area contributed by atoms with E-state index in [-0.39, 0.29) is 5.91 Å². The standard InChI is InChI=1S/C20H18N2O2/c1-2-24-20-18(9-6-14-21-20)19(23)22-17-12-10-16(11-13-17)15-7-4-3-5-8-15/h3-14H,2H2,1H3,(H,22,23). The summed E-state index contributed by atoms with van der Waals surface area (Å²) < 4.78 is 5.40. The van der Waals surface area contributed by atoms with Crippen LogP contribution in [-0.4, -0.2) is 17.5 Å². The minimum Gasteiger partial charge on any atom is -0.477 e. The van der Waals surface area contributed by atoms with Crippen molar-refractivity contribution >= 4 is 11.6 Å². The zero-order valence-electron chi connectivity index (χ0n) is 13.4. The number of rotatable bonds is 5. The summed E-state index contributed by atoms with van der Waals surface area (Å²) in [5.74, 6) is 0.109. The number of amides is 1. The van der Waals surface area contributed by atoms with E-state index < -0.39 is 0 Å². The molecule has 4 nitrogen and oxygen atoms in total. The van der Waals surface area contributed by atoms with Crippen molar-refractivity contribution in [3.8, 4) is 17.0 Å². The van der Waals surface area contributed by atoms with Crippen molar-refractivity contribution in [2.45, 2.75) is 6.92 Å². The van der Waals surface area contributed by atoms with Gasteiger partial charge < -0.3 is 10.1 Å². The van der Waals surface area contributed by atoms with Crippen LogP contribution in [0.4, 0.5) is 5.69 Å². The smallest absolute Gasteiger partial charge is 0.261 e. The summed E-state index contributed by atoms with van der Waals surface area (Å²) >= 11 is 0. The molecule has 1 aromatic heterocycles. The van der Waals surface area contributed by atoms with Crippen LogP contribution in [0.2, 0.25) is 0 Å². The highest BCUT2D eigenvalue weighted by atomic mass is 16.5. The lowest BCUT2D eigenvalue weighted by Crippen LogP contribution is -2.14. The zero-order chi connectivity index (χ0) is 16.8. The molecule has 3 aromatic rings. The fraction of sp³-hybridized carbons (Fsp3) is 0.100. The second kappa shape index (κ2) is 7.42. The van der Waals surface area contributed by atoms with Crippen molar-refractivity contribution in [2.24, 2.45) is 0 Å². The third kappa shape index (κ3) is 3.60. The summed E-state index contributed by atoms with van der Waals surface area (Å²) in [4.78, 5) is 16.5. The summed E-state index contributed by atoms with van der Waals surface area (Å²) in [5, 5.41) is 2.88. The van der Waals surface area contributed by atoms with E-state index in [1.54, 1.807) is 18.3 Å². The molecule has 0 aliphatic heterocycles. The molecule has 4 heteroatoms. The minimum atomic E-state index is -0.237. The lowest BCUT2D eigenvalue weighted by Gasteiger charge is -2.10. The van der Waals surface area contributed by atoms with Gasteiger partial charge in [0.05, 0.1) is 6.61 Å². The molecule has 0 aliphatic rings. The van der Waals surface area contributed by atoms with Gasteiger partial charge in [-0.25, -0.2) is 4.98 Å². The number of nitrogens with zero attached hydrogens (tertiary/aromatic N) is 1. The molecule has 24 heavy (non-hydrogen) atoms. The maximum atomic E-state index is 12.4. The van der Waals surface area contributed by atoms with Crippen molar-refractivity contribution in [3.05, 3.63) is 78.5 Å². The van der Waals surface area contributed by atoms with E-state index >= 15 is 0 Å². The molecule has 1 N–H and O–H groups in total. The summed E-state index contributed by atoms with van der Waals surface area (Å²) in [6.07, 6.45) is 1.61. The van der Waals surface area contributed by atoms with Crippen molar-refractivity contribution < 1.29 is 9.53 Å². The van der Waals surface area contributed by atoms with Crippen LogP contribution in [0.5, 0.6) is 5.88 Å². The van der Waals surface area contributed by atoms with Gasteiger partial charge in [0.2, 0.25) is 5.88 Å². The molecule has 3 rings (SSSR count). The Hall–Kier alpha value is -3.14. The van der Waals surface area contributed by atoms with Crippen molar-refractivity contribution in [1.82, 2.24) is 4.98 Å². The molecule has 120 valence electrons. The predicted molar refractivity (Wildman–Crippen MR) is 95.2 cm³/mol. The van der Waals surface area contributed by atoms with Crippen LogP contribution >= 0.6 is 0 Å². The first-order valence-electron chi connectivity index (χ1n) is 7.82. The number of pyridine rings is 1. The molecule has 0 aliphatic carbocycles. The van der Waals surface area contributed by atoms with Gasteiger partial charge in [-0.1, -0.05) is 42.5 Å². The topological polar surface area (TPSA) is 51.2 Å². The number of anilines is 1. The summed E-state index contributed by atoms with van der Waals surface area (Å²) in [5.41, 5.74) is 3.39. The number of nitrogens with one attached hydrogen (secondary N) is 1. The Labute approximate surface area is 141 Å². The average molecular weight is 318 g/mol. The van der Waals surface area contributed by atoms with E-state index in [4.69, 9.17) is 4.74 Å². The summed E-state index contributed by atoms with van der Waals surface area (Å²) in [7, 11) is 0. The highest BCUT2D eigenvalue weighted by Gasteiger charge is 2.13. The van der Waals surface area contributed by atoms with Crippen LogP contribution in [0.1, 0.15) is 17.3 Å². The van der Waals surface area contributed by atoms with Crippen molar-refractivity contribution in [1.29, 1.82) is 0 Å². The molecular formula is C20H18N2O2. The van der Waals surface area contributed by atoms with Crippen LogP contribution in [0.3, 0.4) is 0 Å². The van der Waals surface area contributed by atoms with Crippen molar-refractivity contribution in [2.75, 3.05) is 11.9 Å². The third-order valence-electron chi connectivity index (χ3n) is 3.55. The molecule has 0 saturated carbocycles. The fourth-order valence-corrected chi connectivity index (χ4v) is 2.39. The molecule has 0 saturated heterocycles. The summed E-state index contributed by atoms with van der Waals surface area (Å²) in [6, 6.07) is 21.3. The first kappa shape index (κ1) is 15.7. The molecule has 0 spiro atoms. The lowest BCUT2D eigenvalue weighted by molar-refractivity contribution is 0.102. The lowest BCUT2D eigenvalue weighted by atomic mass is 10.1. The van der Waals surface area contributed by atoms with E-state index in [0.717, 1.165) is 16.8 Å². The van der Waals surface area contributed by atoms with E-state index in [0.29, 0.717) is 18.1 Å². The van der Waals surface area contributed by atoms with Crippen LogP contribution < -0.4 is 10.1 Å². The molecule has 1 amide bonds. The molecule has 0 atom stereocenters. The van der Waals surface area contributed by atoms with Crippen LogP contribution in [-0.2, 0) is 0 Å². The van der Waals surface area contributed by atoms with E-state index in [2.05, 4.69) is 22.4 Å².